The molecule has 0 radical (unpaired) electrons. The average molecular weight is 403 g/mol. The van der Waals surface area contributed by atoms with Gasteiger partial charge in [0.05, 0.1) is 37.8 Å². The lowest BCUT2D eigenvalue weighted by Gasteiger charge is -2.33. The molecule has 2 aliphatic rings. The second-order valence-electron chi connectivity index (χ2n) is 7.01. The van der Waals surface area contributed by atoms with E-state index in [1.54, 1.807) is 0 Å². The highest BCUT2D eigenvalue weighted by Crippen LogP contribution is 2.32. The van der Waals surface area contributed by atoms with Gasteiger partial charge >= 0.3 is 0 Å². The van der Waals surface area contributed by atoms with Crippen molar-refractivity contribution in [1.29, 1.82) is 0 Å². The van der Waals surface area contributed by atoms with E-state index in [9.17, 15) is 13.6 Å². The Morgan fingerprint density at radius 1 is 0.828 bits per heavy atom. The predicted octanol–water partition coefficient (Wildman–Crippen LogP) is 2.89. The Morgan fingerprint density at radius 2 is 1.41 bits per heavy atom. The number of amides is 1. The molecule has 6 nitrogen and oxygen atoms in total. The number of hydrogen-bond acceptors (Lipinski definition) is 5. The summed E-state index contributed by atoms with van der Waals surface area (Å²) in [7, 11) is 0. The molecule has 2 aromatic rings. The number of morpholine rings is 2. The summed E-state index contributed by atoms with van der Waals surface area (Å²) in [5, 5.41) is 2.81. The maximum absolute atomic E-state index is 13.5. The Balaban J connectivity index is 1.62. The smallest absolute Gasteiger partial charge is 0.255 e. The van der Waals surface area contributed by atoms with Gasteiger partial charge in [0.1, 0.15) is 11.6 Å². The second-order valence-corrected chi connectivity index (χ2v) is 7.01. The van der Waals surface area contributed by atoms with Gasteiger partial charge in [-0.2, -0.15) is 0 Å². The number of ether oxygens (including phenoxy) is 2. The van der Waals surface area contributed by atoms with Crippen LogP contribution in [-0.4, -0.2) is 58.5 Å². The van der Waals surface area contributed by atoms with Crippen molar-refractivity contribution in [1.82, 2.24) is 0 Å². The lowest BCUT2D eigenvalue weighted by atomic mass is 10.1. The number of halogens is 2. The van der Waals surface area contributed by atoms with Crippen molar-refractivity contribution in [2.75, 3.05) is 67.7 Å². The number of anilines is 3. The second kappa shape index (κ2) is 8.75. The zero-order valence-electron chi connectivity index (χ0n) is 16.0. The van der Waals surface area contributed by atoms with Crippen LogP contribution in [-0.2, 0) is 9.47 Å². The Hall–Kier alpha value is -2.71. The van der Waals surface area contributed by atoms with E-state index >= 15 is 0 Å². The van der Waals surface area contributed by atoms with Gasteiger partial charge in [0.2, 0.25) is 0 Å². The van der Waals surface area contributed by atoms with E-state index in [2.05, 4.69) is 15.1 Å². The fourth-order valence-electron chi connectivity index (χ4n) is 3.59. The van der Waals surface area contributed by atoms with Crippen LogP contribution in [0.3, 0.4) is 0 Å². The predicted molar refractivity (Wildman–Crippen MR) is 107 cm³/mol. The van der Waals surface area contributed by atoms with E-state index in [0.29, 0.717) is 45.2 Å². The lowest BCUT2D eigenvalue weighted by molar-refractivity contribution is 0.102. The zero-order valence-corrected chi connectivity index (χ0v) is 16.0. The quantitative estimate of drug-likeness (QED) is 0.851. The summed E-state index contributed by atoms with van der Waals surface area (Å²) >= 11 is 0. The van der Waals surface area contributed by atoms with E-state index in [0.717, 1.165) is 42.7 Å². The molecule has 0 aromatic heterocycles. The first-order chi connectivity index (χ1) is 14.1. The summed E-state index contributed by atoms with van der Waals surface area (Å²) in [4.78, 5) is 17.0. The van der Waals surface area contributed by atoms with Gasteiger partial charge in [-0.3, -0.25) is 4.79 Å². The molecule has 2 aliphatic heterocycles. The molecule has 0 saturated carbocycles. The minimum absolute atomic E-state index is 0.0623. The first kappa shape index (κ1) is 19.6. The van der Waals surface area contributed by atoms with Crippen LogP contribution in [0.1, 0.15) is 10.4 Å². The molecule has 1 N–H and O–H groups in total. The van der Waals surface area contributed by atoms with Crippen molar-refractivity contribution in [2.24, 2.45) is 0 Å². The standard InChI is InChI=1S/C21H23F2N3O3/c22-16-11-15(12-17(23)13-16)21(27)24-19-2-1-18(25-3-7-28-8-4-25)14-20(19)26-5-9-29-10-6-26/h1-2,11-14H,3-10H2,(H,24,27). The zero-order chi connectivity index (χ0) is 20.2. The molecular formula is C21H23F2N3O3. The van der Waals surface area contributed by atoms with Gasteiger partial charge in [-0.1, -0.05) is 0 Å². The molecule has 29 heavy (non-hydrogen) atoms. The summed E-state index contributed by atoms with van der Waals surface area (Å²) in [5.74, 6) is -2.13. The molecule has 2 fully saturated rings. The molecule has 0 aliphatic carbocycles. The van der Waals surface area contributed by atoms with Gasteiger partial charge in [-0.15, -0.1) is 0 Å². The van der Waals surface area contributed by atoms with E-state index < -0.39 is 17.5 Å². The molecule has 4 rings (SSSR count). The van der Waals surface area contributed by atoms with Crippen molar-refractivity contribution in [3.63, 3.8) is 0 Å². The minimum Gasteiger partial charge on any atom is -0.378 e. The first-order valence-electron chi connectivity index (χ1n) is 9.67. The van der Waals surface area contributed by atoms with Gasteiger partial charge in [0.25, 0.3) is 5.91 Å². The number of rotatable bonds is 4. The molecule has 2 heterocycles. The van der Waals surface area contributed by atoms with E-state index in [1.807, 2.05) is 18.2 Å². The third-order valence-corrected chi connectivity index (χ3v) is 5.08. The van der Waals surface area contributed by atoms with Crippen LogP contribution in [0.25, 0.3) is 0 Å². The Morgan fingerprint density at radius 3 is 2.03 bits per heavy atom. The van der Waals surface area contributed by atoms with Crippen LogP contribution in [0, 0.1) is 11.6 Å². The Labute approximate surface area is 168 Å². The summed E-state index contributed by atoms with van der Waals surface area (Å²) < 4.78 is 37.9. The highest BCUT2D eigenvalue weighted by Gasteiger charge is 2.20. The molecule has 154 valence electrons. The van der Waals surface area contributed by atoms with Crippen molar-refractivity contribution < 1.29 is 23.0 Å². The van der Waals surface area contributed by atoms with E-state index in [1.165, 1.54) is 0 Å². The molecule has 8 heteroatoms. The van der Waals surface area contributed by atoms with Crippen molar-refractivity contribution in [3.8, 4) is 0 Å². The number of carbonyl (C=O) groups is 1. The fraction of sp³-hybridized carbons (Fsp3) is 0.381. The lowest BCUT2D eigenvalue weighted by Crippen LogP contribution is -2.38. The molecule has 0 unspecified atom stereocenters. The SMILES string of the molecule is O=C(Nc1ccc(N2CCOCC2)cc1N1CCOCC1)c1cc(F)cc(F)c1. The number of nitrogens with one attached hydrogen (secondary N) is 1. The molecule has 0 spiro atoms. The van der Waals surface area contributed by atoms with Crippen LogP contribution < -0.4 is 15.1 Å². The summed E-state index contributed by atoms with van der Waals surface area (Å²) in [6.07, 6.45) is 0. The fourth-order valence-corrected chi connectivity index (χ4v) is 3.59. The van der Waals surface area contributed by atoms with Crippen LogP contribution in [0.2, 0.25) is 0 Å². The molecule has 2 saturated heterocycles. The number of benzene rings is 2. The number of nitrogens with zero attached hydrogens (tertiary/aromatic N) is 2. The van der Waals surface area contributed by atoms with Crippen LogP contribution in [0.4, 0.5) is 25.8 Å². The highest BCUT2D eigenvalue weighted by molar-refractivity contribution is 6.06. The number of carbonyl (C=O) groups excluding carboxylic acids is 1. The molecular weight excluding hydrogens is 380 g/mol. The van der Waals surface area contributed by atoms with Crippen LogP contribution in [0.15, 0.2) is 36.4 Å². The Bertz CT molecular complexity index is 861. The Kier molecular flexibility index (Phi) is 5.92. The monoisotopic (exact) mass is 403 g/mol. The highest BCUT2D eigenvalue weighted by atomic mass is 19.1. The first-order valence-corrected chi connectivity index (χ1v) is 9.67. The average Bonchev–Trinajstić information content (AvgIpc) is 2.74. The summed E-state index contributed by atoms with van der Waals surface area (Å²) in [6.45, 7) is 5.56. The van der Waals surface area contributed by atoms with E-state index in [-0.39, 0.29) is 5.56 Å². The van der Waals surface area contributed by atoms with Crippen molar-refractivity contribution in [3.05, 3.63) is 53.6 Å². The third kappa shape index (κ3) is 4.65. The molecule has 0 bridgehead atoms. The van der Waals surface area contributed by atoms with Gasteiger partial charge in [-0.25, -0.2) is 8.78 Å². The van der Waals surface area contributed by atoms with Crippen molar-refractivity contribution >= 4 is 23.0 Å². The molecule has 1 amide bonds. The van der Waals surface area contributed by atoms with Gasteiger partial charge in [-0.05, 0) is 30.3 Å². The molecule has 0 atom stereocenters. The maximum atomic E-state index is 13.5. The summed E-state index contributed by atoms with van der Waals surface area (Å²) in [6, 6.07) is 8.61. The summed E-state index contributed by atoms with van der Waals surface area (Å²) in [5.41, 5.74) is 2.44. The van der Waals surface area contributed by atoms with Gasteiger partial charge < -0.3 is 24.6 Å². The van der Waals surface area contributed by atoms with Gasteiger partial charge in [0.15, 0.2) is 0 Å². The van der Waals surface area contributed by atoms with Crippen LogP contribution in [0.5, 0.6) is 0 Å². The normalized spacial score (nSPS) is 17.3. The number of hydrogen-bond donors (Lipinski definition) is 1. The topological polar surface area (TPSA) is 54.0 Å². The van der Waals surface area contributed by atoms with Crippen LogP contribution >= 0.6 is 0 Å². The molecule has 2 aromatic carbocycles. The third-order valence-electron chi connectivity index (χ3n) is 5.08. The van der Waals surface area contributed by atoms with E-state index in [4.69, 9.17) is 9.47 Å². The van der Waals surface area contributed by atoms with Gasteiger partial charge in [0, 0.05) is 43.5 Å². The van der Waals surface area contributed by atoms with Crippen molar-refractivity contribution in [2.45, 2.75) is 0 Å². The maximum Gasteiger partial charge on any atom is 0.255 e. The largest absolute Gasteiger partial charge is 0.378 e. The minimum atomic E-state index is -0.786.